The molecular formula is C16H20ClN5. The lowest BCUT2D eigenvalue weighted by molar-refractivity contribution is 0.246. The Morgan fingerprint density at radius 3 is 2.68 bits per heavy atom. The second-order valence-corrected chi connectivity index (χ2v) is 6.03. The predicted octanol–water partition coefficient (Wildman–Crippen LogP) is 2.34. The summed E-state index contributed by atoms with van der Waals surface area (Å²) >= 11 is 5.91. The molecule has 0 aliphatic carbocycles. The first kappa shape index (κ1) is 15.1. The predicted molar refractivity (Wildman–Crippen MR) is 90.1 cm³/mol. The number of halogens is 1. The standard InChI is InChI=1S/C16H20ClN5/c1-12-3-2-4-19-15(12)11-21-5-7-22(8-6-21)16-14(18)9-13(17)10-20-16/h2-4,9-10H,5-8,11,18H2,1H3. The van der Waals surface area contributed by atoms with Crippen LogP contribution in [0.4, 0.5) is 11.5 Å². The van der Waals surface area contributed by atoms with Crippen LogP contribution in [0.3, 0.4) is 0 Å². The molecule has 6 heteroatoms. The molecule has 116 valence electrons. The Labute approximate surface area is 135 Å². The van der Waals surface area contributed by atoms with Crippen molar-refractivity contribution in [1.29, 1.82) is 0 Å². The van der Waals surface area contributed by atoms with Gasteiger partial charge in [-0.15, -0.1) is 0 Å². The fourth-order valence-electron chi connectivity index (χ4n) is 2.73. The van der Waals surface area contributed by atoms with Crippen LogP contribution in [-0.2, 0) is 6.54 Å². The smallest absolute Gasteiger partial charge is 0.151 e. The zero-order chi connectivity index (χ0) is 15.5. The van der Waals surface area contributed by atoms with Gasteiger partial charge >= 0.3 is 0 Å². The highest BCUT2D eigenvalue weighted by molar-refractivity contribution is 6.30. The van der Waals surface area contributed by atoms with Gasteiger partial charge in [0, 0.05) is 45.1 Å². The molecule has 3 rings (SSSR count). The Balaban J connectivity index is 1.62. The molecule has 2 N–H and O–H groups in total. The number of rotatable bonds is 3. The SMILES string of the molecule is Cc1cccnc1CN1CCN(c2ncc(Cl)cc2N)CC1. The Kier molecular flexibility index (Phi) is 4.45. The molecule has 1 aliphatic rings. The first-order valence-electron chi connectivity index (χ1n) is 7.42. The van der Waals surface area contributed by atoms with Gasteiger partial charge in [-0.2, -0.15) is 0 Å². The summed E-state index contributed by atoms with van der Waals surface area (Å²) < 4.78 is 0. The van der Waals surface area contributed by atoms with Crippen molar-refractivity contribution < 1.29 is 0 Å². The molecule has 1 aliphatic heterocycles. The van der Waals surface area contributed by atoms with E-state index in [1.165, 1.54) is 5.56 Å². The van der Waals surface area contributed by atoms with Crippen molar-refractivity contribution in [1.82, 2.24) is 14.9 Å². The van der Waals surface area contributed by atoms with Crippen LogP contribution in [-0.4, -0.2) is 41.0 Å². The fourth-order valence-corrected chi connectivity index (χ4v) is 2.89. The van der Waals surface area contributed by atoms with Crippen LogP contribution < -0.4 is 10.6 Å². The monoisotopic (exact) mass is 317 g/mol. The molecule has 0 saturated carbocycles. The second kappa shape index (κ2) is 6.50. The Hall–Kier alpha value is -1.85. The topological polar surface area (TPSA) is 58.3 Å². The second-order valence-electron chi connectivity index (χ2n) is 5.60. The summed E-state index contributed by atoms with van der Waals surface area (Å²) in [6, 6.07) is 5.84. The van der Waals surface area contributed by atoms with E-state index in [0.717, 1.165) is 44.2 Å². The highest BCUT2D eigenvalue weighted by Gasteiger charge is 2.20. The zero-order valence-corrected chi connectivity index (χ0v) is 13.4. The van der Waals surface area contributed by atoms with E-state index in [-0.39, 0.29) is 0 Å². The van der Waals surface area contributed by atoms with Gasteiger partial charge < -0.3 is 10.6 Å². The van der Waals surface area contributed by atoms with Crippen molar-refractivity contribution >= 4 is 23.1 Å². The van der Waals surface area contributed by atoms with Crippen LogP contribution >= 0.6 is 11.6 Å². The average molecular weight is 318 g/mol. The minimum Gasteiger partial charge on any atom is -0.396 e. The molecule has 1 fully saturated rings. The maximum Gasteiger partial charge on any atom is 0.151 e. The van der Waals surface area contributed by atoms with Crippen molar-refractivity contribution in [2.75, 3.05) is 36.8 Å². The molecule has 5 nitrogen and oxygen atoms in total. The molecule has 0 unspecified atom stereocenters. The largest absolute Gasteiger partial charge is 0.396 e. The molecule has 2 aromatic heterocycles. The minimum atomic E-state index is 0.575. The lowest BCUT2D eigenvalue weighted by Crippen LogP contribution is -2.46. The number of nitrogens with zero attached hydrogens (tertiary/aromatic N) is 4. The van der Waals surface area contributed by atoms with E-state index in [4.69, 9.17) is 17.3 Å². The van der Waals surface area contributed by atoms with Gasteiger partial charge in [-0.3, -0.25) is 9.88 Å². The van der Waals surface area contributed by atoms with E-state index in [2.05, 4.69) is 32.8 Å². The number of anilines is 2. The number of nitrogen functional groups attached to an aromatic ring is 1. The van der Waals surface area contributed by atoms with E-state index in [0.29, 0.717) is 10.7 Å². The molecule has 3 heterocycles. The van der Waals surface area contributed by atoms with Crippen LogP contribution in [0.25, 0.3) is 0 Å². The van der Waals surface area contributed by atoms with Crippen molar-refractivity contribution in [3.8, 4) is 0 Å². The van der Waals surface area contributed by atoms with Gasteiger partial charge in [-0.05, 0) is 24.6 Å². The van der Waals surface area contributed by atoms with Crippen molar-refractivity contribution in [3.63, 3.8) is 0 Å². The van der Waals surface area contributed by atoms with E-state index in [1.807, 2.05) is 12.3 Å². The van der Waals surface area contributed by atoms with Crippen molar-refractivity contribution in [2.24, 2.45) is 0 Å². The van der Waals surface area contributed by atoms with E-state index >= 15 is 0 Å². The van der Waals surface area contributed by atoms with Crippen LogP contribution in [0.1, 0.15) is 11.3 Å². The normalized spacial score (nSPS) is 16.0. The van der Waals surface area contributed by atoms with Crippen LogP contribution in [0.15, 0.2) is 30.6 Å². The van der Waals surface area contributed by atoms with Crippen molar-refractivity contribution in [3.05, 3.63) is 46.9 Å². The number of pyridine rings is 2. The van der Waals surface area contributed by atoms with Crippen molar-refractivity contribution in [2.45, 2.75) is 13.5 Å². The summed E-state index contributed by atoms with van der Waals surface area (Å²) in [7, 11) is 0. The first-order chi connectivity index (χ1) is 10.6. The maximum atomic E-state index is 6.02. The Morgan fingerprint density at radius 1 is 1.23 bits per heavy atom. The van der Waals surface area contributed by atoms with Gasteiger partial charge in [0.05, 0.1) is 16.4 Å². The quantitative estimate of drug-likeness (QED) is 0.941. The summed E-state index contributed by atoms with van der Waals surface area (Å²) in [6.45, 7) is 6.76. The Morgan fingerprint density at radius 2 is 2.00 bits per heavy atom. The van der Waals surface area contributed by atoms with Crippen LogP contribution in [0.5, 0.6) is 0 Å². The van der Waals surface area contributed by atoms with Crippen LogP contribution in [0, 0.1) is 6.92 Å². The molecule has 0 amide bonds. The first-order valence-corrected chi connectivity index (χ1v) is 7.80. The molecule has 0 spiro atoms. The summed E-state index contributed by atoms with van der Waals surface area (Å²) in [5, 5.41) is 0.575. The lowest BCUT2D eigenvalue weighted by atomic mass is 10.2. The Bertz CT molecular complexity index is 653. The van der Waals surface area contributed by atoms with Crippen LogP contribution in [0.2, 0.25) is 5.02 Å². The third kappa shape index (κ3) is 3.31. The van der Waals surface area contributed by atoms with Gasteiger partial charge in [0.1, 0.15) is 0 Å². The number of aryl methyl sites for hydroxylation is 1. The summed E-state index contributed by atoms with van der Waals surface area (Å²) in [5.41, 5.74) is 9.06. The minimum absolute atomic E-state index is 0.575. The summed E-state index contributed by atoms with van der Waals surface area (Å²) in [6.07, 6.45) is 3.51. The number of hydrogen-bond acceptors (Lipinski definition) is 5. The number of aromatic nitrogens is 2. The van der Waals surface area contributed by atoms with E-state index in [1.54, 1.807) is 12.3 Å². The van der Waals surface area contributed by atoms with Gasteiger partial charge in [0.15, 0.2) is 5.82 Å². The fraction of sp³-hybridized carbons (Fsp3) is 0.375. The number of nitrogens with two attached hydrogens (primary N) is 1. The molecular weight excluding hydrogens is 298 g/mol. The summed E-state index contributed by atoms with van der Waals surface area (Å²) in [4.78, 5) is 13.5. The molecule has 1 saturated heterocycles. The molecule has 0 atom stereocenters. The third-order valence-corrected chi connectivity index (χ3v) is 4.23. The average Bonchev–Trinajstić information content (AvgIpc) is 2.51. The van der Waals surface area contributed by atoms with Gasteiger partial charge in [-0.1, -0.05) is 17.7 Å². The molecule has 0 bridgehead atoms. The number of hydrogen-bond donors (Lipinski definition) is 1. The number of piperazine rings is 1. The molecule has 22 heavy (non-hydrogen) atoms. The maximum absolute atomic E-state index is 6.02. The zero-order valence-electron chi connectivity index (χ0n) is 12.7. The highest BCUT2D eigenvalue weighted by atomic mass is 35.5. The molecule has 0 aromatic carbocycles. The highest BCUT2D eigenvalue weighted by Crippen LogP contribution is 2.24. The lowest BCUT2D eigenvalue weighted by Gasteiger charge is -2.35. The molecule has 2 aromatic rings. The van der Waals surface area contributed by atoms with E-state index in [9.17, 15) is 0 Å². The van der Waals surface area contributed by atoms with E-state index < -0.39 is 0 Å². The van der Waals surface area contributed by atoms with Gasteiger partial charge in [-0.25, -0.2) is 4.98 Å². The van der Waals surface area contributed by atoms with Gasteiger partial charge in [0.25, 0.3) is 0 Å². The molecule has 0 radical (unpaired) electrons. The summed E-state index contributed by atoms with van der Waals surface area (Å²) in [5.74, 6) is 0.832. The van der Waals surface area contributed by atoms with Gasteiger partial charge in [0.2, 0.25) is 0 Å². The third-order valence-electron chi connectivity index (χ3n) is 4.02.